The Labute approximate surface area is 200 Å². The molecular formula is C26H25F2N5O2. The Balaban J connectivity index is 1.41. The van der Waals surface area contributed by atoms with Gasteiger partial charge in [0.1, 0.15) is 41.1 Å². The maximum absolute atomic E-state index is 13.9. The van der Waals surface area contributed by atoms with Crippen LogP contribution in [-0.4, -0.2) is 20.3 Å². The van der Waals surface area contributed by atoms with Crippen LogP contribution in [0.25, 0.3) is 16.8 Å². The molecule has 2 aromatic carbocycles. The molecule has 0 unspecified atom stereocenters. The van der Waals surface area contributed by atoms with Crippen LogP contribution in [0.2, 0.25) is 0 Å². The van der Waals surface area contributed by atoms with Crippen LogP contribution in [0.15, 0.2) is 54.9 Å². The minimum atomic E-state index is -0.654. The minimum Gasteiger partial charge on any atom is -0.489 e. The van der Waals surface area contributed by atoms with Gasteiger partial charge in [-0.05, 0) is 49.9 Å². The van der Waals surface area contributed by atoms with Crippen molar-refractivity contribution in [1.82, 2.24) is 14.4 Å². The van der Waals surface area contributed by atoms with E-state index < -0.39 is 11.6 Å². The third-order valence-corrected chi connectivity index (χ3v) is 6.65. The first-order valence-electron chi connectivity index (χ1n) is 11.5. The van der Waals surface area contributed by atoms with Crippen molar-refractivity contribution in [3.63, 3.8) is 0 Å². The summed E-state index contributed by atoms with van der Waals surface area (Å²) in [6.45, 7) is -0.240. The van der Waals surface area contributed by atoms with Gasteiger partial charge in [-0.3, -0.25) is 9.20 Å². The van der Waals surface area contributed by atoms with E-state index >= 15 is 0 Å². The molecular weight excluding hydrogens is 452 g/mol. The molecule has 180 valence electrons. The van der Waals surface area contributed by atoms with Crippen LogP contribution in [0.4, 0.5) is 14.6 Å². The summed E-state index contributed by atoms with van der Waals surface area (Å²) in [4.78, 5) is 20.7. The number of primary amides is 1. The van der Waals surface area contributed by atoms with Gasteiger partial charge in [0.15, 0.2) is 0 Å². The molecule has 2 heterocycles. The zero-order valence-corrected chi connectivity index (χ0v) is 19.0. The zero-order chi connectivity index (χ0) is 24.5. The molecule has 1 fully saturated rings. The molecule has 2 aromatic heterocycles. The number of nitrogens with two attached hydrogens (primary N) is 2. The Morgan fingerprint density at radius 3 is 2.51 bits per heavy atom. The SMILES string of the molecule is NC(=O)C1CCC(c2ncc3c(N)nc(-c4cccc(OCc5c(F)cccc5F)c4)cn23)CC1. The lowest BCUT2D eigenvalue weighted by molar-refractivity contribution is -0.122. The van der Waals surface area contributed by atoms with Crippen LogP contribution in [0, 0.1) is 17.6 Å². The summed E-state index contributed by atoms with van der Waals surface area (Å²) in [6, 6.07) is 10.8. The molecule has 0 aliphatic heterocycles. The molecule has 4 N–H and O–H groups in total. The Morgan fingerprint density at radius 2 is 1.80 bits per heavy atom. The molecule has 4 aromatic rings. The van der Waals surface area contributed by atoms with Gasteiger partial charge in [-0.1, -0.05) is 18.2 Å². The van der Waals surface area contributed by atoms with Crippen molar-refractivity contribution >= 4 is 17.2 Å². The topological polar surface area (TPSA) is 109 Å². The second-order valence-corrected chi connectivity index (χ2v) is 8.85. The normalized spacial score (nSPS) is 18.0. The fourth-order valence-corrected chi connectivity index (χ4v) is 4.69. The predicted octanol–water partition coefficient (Wildman–Crippen LogP) is 4.59. The van der Waals surface area contributed by atoms with Crippen LogP contribution in [0.1, 0.15) is 43.0 Å². The highest BCUT2D eigenvalue weighted by molar-refractivity contribution is 5.76. The Bertz CT molecular complexity index is 1380. The highest BCUT2D eigenvalue weighted by Gasteiger charge is 2.28. The molecule has 9 heteroatoms. The third-order valence-electron chi connectivity index (χ3n) is 6.65. The second kappa shape index (κ2) is 9.32. The summed E-state index contributed by atoms with van der Waals surface area (Å²) in [7, 11) is 0. The van der Waals surface area contributed by atoms with Crippen molar-refractivity contribution in [2.45, 2.75) is 38.2 Å². The number of rotatable bonds is 6. The fraction of sp³-hybridized carbons (Fsp3) is 0.269. The van der Waals surface area contributed by atoms with Gasteiger partial charge in [0.05, 0.1) is 17.5 Å². The number of halogens is 2. The highest BCUT2D eigenvalue weighted by Crippen LogP contribution is 2.36. The molecule has 0 bridgehead atoms. The second-order valence-electron chi connectivity index (χ2n) is 8.85. The lowest BCUT2D eigenvalue weighted by atomic mass is 9.81. The average Bonchev–Trinajstić information content (AvgIpc) is 3.29. The first-order valence-corrected chi connectivity index (χ1v) is 11.5. The third kappa shape index (κ3) is 4.53. The number of anilines is 1. The zero-order valence-electron chi connectivity index (χ0n) is 19.0. The van der Waals surface area contributed by atoms with Crippen LogP contribution < -0.4 is 16.2 Å². The fourth-order valence-electron chi connectivity index (χ4n) is 4.69. The van der Waals surface area contributed by atoms with E-state index in [1.54, 1.807) is 24.4 Å². The van der Waals surface area contributed by atoms with Gasteiger partial charge in [0.25, 0.3) is 0 Å². The highest BCUT2D eigenvalue weighted by atomic mass is 19.1. The van der Waals surface area contributed by atoms with Crippen LogP contribution >= 0.6 is 0 Å². The van der Waals surface area contributed by atoms with E-state index in [2.05, 4.69) is 9.97 Å². The number of fused-ring (bicyclic) bond motifs is 1. The molecule has 0 radical (unpaired) electrons. The molecule has 1 aliphatic rings. The smallest absolute Gasteiger partial charge is 0.220 e. The molecule has 0 spiro atoms. The number of amides is 1. The predicted molar refractivity (Wildman–Crippen MR) is 127 cm³/mol. The van der Waals surface area contributed by atoms with E-state index in [0.717, 1.165) is 37.1 Å². The number of benzene rings is 2. The van der Waals surface area contributed by atoms with Crippen molar-refractivity contribution in [3.05, 3.63) is 77.9 Å². The summed E-state index contributed by atoms with van der Waals surface area (Å²) in [5, 5.41) is 0. The van der Waals surface area contributed by atoms with E-state index in [0.29, 0.717) is 22.8 Å². The largest absolute Gasteiger partial charge is 0.489 e. The van der Waals surface area contributed by atoms with E-state index in [1.807, 2.05) is 16.7 Å². The average molecular weight is 478 g/mol. The van der Waals surface area contributed by atoms with Gasteiger partial charge in [-0.15, -0.1) is 0 Å². The summed E-state index contributed by atoms with van der Waals surface area (Å²) < 4.78 is 35.5. The standard InChI is InChI=1S/C26H25F2N5O2/c27-20-5-2-6-21(28)19(20)14-35-18-4-1-3-17(11-18)22-13-33-23(24(29)32-22)12-31-26(33)16-9-7-15(8-10-16)25(30)34/h1-6,11-13,15-16H,7-10,14H2,(H2,29,32)(H2,30,34). The number of nitrogens with zero attached hydrogens (tertiary/aromatic N) is 3. The van der Waals surface area contributed by atoms with E-state index in [9.17, 15) is 13.6 Å². The number of ether oxygens (including phenoxy) is 1. The van der Waals surface area contributed by atoms with Gasteiger partial charge >= 0.3 is 0 Å². The number of imidazole rings is 1. The Kier molecular flexibility index (Phi) is 6.07. The van der Waals surface area contributed by atoms with Crippen molar-refractivity contribution in [1.29, 1.82) is 0 Å². The molecule has 0 atom stereocenters. The quantitative estimate of drug-likeness (QED) is 0.422. The molecule has 1 saturated carbocycles. The lowest BCUT2D eigenvalue weighted by Crippen LogP contribution is -2.27. The number of aromatic nitrogens is 3. The van der Waals surface area contributed by atoms with Gasteiger partial charge in [-0.2, -0.15) is 0 Å². The number of carbonyl (C=O) groups is 1. The number of nitrogen functional groups attached to an aromatic ring is 1. The molecule has 1 aliphatic carbocycles. The van der Waals surface area contributed by atoms with Crippen molar-refractivity contribution in [2.75, 3.05) is 5.73 Å². The van der Waals surface area contributed by atoms with Crippen LogP contribution in [-0.2, 0) is 11.4 Å². The van der Waals surface area contributed by atoms with Gasteiger partial charge < -0.3 is 16.2 Å². The van der Waals surface area contributed by atoms with Crippen molar-refractivity contribution in [3.8, 4) is 17.0 Å². The maximum atomic E-state index is 13.9. The van der Waals surface area contributed by atoms with Crippen LogP contribution in [0.3, 0.4) is 0 Å². The van der Waals surface area contributed by atoms with Gasteiger partial charge in [-0.25, -0.2) is 18.7 Å². The molecule has 5 rings (SSSR count). The molecule has 7 nitrogen and oxygen atoms in total. The van der Waals surface area contributed by atoms with E-state index in [4.69, 9.17) is 16.2 Å². The summed E-state index contributed by atoms with van der Waals surface area (Å²) in [6.07, 6.45) is 6.71. The van der Waals surface area contributed by atoms with Crippen molar-refractivity contribution in [2.24, 2.45) is 11.7 Å². The van der Waals surface area contributed by atoms with Gasteiger partial charge in [0.2, 0.25) is 5.91 Å². The number of hydrogen-bond donors (Lipinski definition) is 2. The summed E-state index contributed by atoms with van der Waals surface area (Å²) in [5.41, 5.74) is 13.7. The van der Waals surface area contributed by atoms with E-state index in [-0.39, 0.29) is 29.9 Å². The lowest BCUT2D eigenvalue weighted by Gasteiger charge is -2.25. The van der Waals surface area contributed by atoms with Gasteiger partial charge in [0, 0.05) is 23.6 Å². The summed E-state index contributed by atoms with van der Waals surface area (Å²) >= 11 is 0. The van der Waals surface area contributed by atoms with E-state index in [1.165, 1.54) is 18.2 Å². The first-order chi connectivity index (χ1) is 16.9. The molecule has 35 heavy (non-hydrogen) atoms. The maximum Gasteiger partial charge on any atom is 0.220 e. The number of hydrogen-bond acceptors (Lipinski definition) is 5. The van der Waals surface area contributed by atoms with Crippen molar-refractivity contribution < 1.29 is 18.3 Å². The van der Waals surface area contributed by atoms with Crippen LogP contribution in [0.5, 0.6) is 5.75 Å². The monoisotopic (exact) mass is 477 g/mol. The minimum absolute atomic E-state index is 0.0830. The first kappa shape index (κ1) is 22.8. The molecule has 1 amide bonds. The molecule has 0 saturated heterocycles. The summed E-state index contributed by atoms with van der Waals surface area (Å²) in [5.74, 6) is 0.214. The Morgan fingerprint density at radius 1 is 1.09 bits per heavy atom. The number of carbonyl (C=O) groups excluding carboxylic acids is 1. The Hall–Kier alpha value is -4.01.